The Labute approximate surface area is 183 Å². The summed E-state index contributed by atoms with van der Waals surface area (Å²) in [5.41, 5.74) is 2.20. The molecule has 0 bridgehead atoms. The fourth-order valence-corrected chi connectivity index (χ4v) is 4.06. The van der Waals surface area contributed by atoms with E-state index in [0.717, 1.165) is 12.1 Å². The standard InChI is InChI=1S/C23H21FN4O4/c24-20-12-17(28-14-18(32-23(28)30)6-4-16-9-11-31-26-16)5-7-19(20)15-3-8-21(25-13-15)27-10-1-2-22(27)29/h3,5,7-9,11-13,18H,1-2,4,6,10,14H2/t18-/m0/s1. The number of rotatable bonds is 6. The smallest absolute Gasteiger partial charge is 0.414 e. The number of cyclic esters (lactones) is 1. The fourth-order valence-electron chi connectivity index (χ4n) is 4.06. The van der Waals surface area contributed by atoms with Crippen molar-refractivity contribution in [3.63, 3.8) is 0 Å². The quantitative estimate of drug-likeness (QED) is 0.581. The number of aryl methyl sites for hydroxylation is 1. The van der Waals surface area contributed by atoms with E-state index >= 15 is 0 Å². The van der Waals surface area contributed by atoms with Crippen molar-refractivity contribution < 1.29 is 23.2 Å². The average molecular weight is 436 g/mol. The summed E-state index contributed by atoms with van der Waals surface area (Å²) in [4.78, 5) is 31.6. The van der Waals surface area contributed by atoms with E-state index in [1.165, 1.54) is 17.2 Å². The minimum Gasteiger partial charge on any atom is -0.444 e. The molecule has 0 saturated carbocycles. The van der Waals surface area contributed by atoms with Gasteiger partial charge in [0.1, 0.15) is 24.0 Å². The van der Waals surface area contributed by atoms with E-state index in [0.29, 0.717) is 55.0 Å². The van der Waals surface area contributed by atoms with E-state index in [4.69, 9.17) is 9.26 Å². The van der Waals surface area contributed by atoms with Gasteiger partial charge in [0.05, 0.1) is 17.9 Å². The van der Waals surface area contributed by atoms with E-state index in [-0.39, 0.29) is 12.0 Å². The number of halogens is 1. The van der Waals surface area contributed by atoms with Gasteiger partial charge in [0, 0.05) is 36.4 Å². The van der Waals surface area contributed by atoms with Gasteiger partial charge in [-0.25, -0.2) is 14.2 Å². The van der Waals surface area contributed by atoms with Crippen molar-refractivity contribution in [2.45, 2.75) is 31.8 Å². The molecule has 2 aliphatic rings. The molecule has 32 heavy (non-hydrogen) atoms. The lowest BCUT2D eigenvalue weighted by molar-refractivity contribution is -0.117. The highest BCUT2D eigenvalue weighted by atomic mass is 19.1. The zero-order valence-corrected chi connectivity index (χ0v) is 17.2. The molecule has 2 aromatic heterocycles. The first-order valence-corrected chi connectivity index (χ1v) is 10.5. The monoisotopic (exact) mass is 436 g/mol. The Kier molecular flexibility index (Phi) is 5.30. The van der Waals surface area contributed by atoms with Gasteiger partial charge >= 0.3 is 6.09 Å². The number of aromatic nitrogens is 2. The molecule has 2 aliphatic heterocycles. The number of hydrogen-bond donors (Lipinski definition) is 0. The van der Waals surface area contributed by atoms with Crippen LogP contribution in [-0.4, -0.2) is 41.3 Å². The molecule has 2 saturated heterocycles. The summed E-state index contributed by atoms with van der Waals surface area (Å²) in [6.07, 6.45) is 4.84. The molecule has 0 radical (unpaired) electrons. The summed E-state index contributed by atoms with van der Waals surface area (Å²) >= 11 is 0. The van der Waals surface area contributed by atoms with Crippen LogP contribution in [0.25, 0.3) is 11.1 Å². The molecule has 0 unspecified atom stereocenters. The van der Waals surface area contributed by atoms with E-state index in [9.17, 15) is 14.0 Å². The highest BCUT2D eigenvalue weighted by Crippen LogP contribution is 2.30. The Hall–Kier alpha value is -3.75. The first-order valence-electron chi connectivity index (χ1n) is 10.5. The number of nitrogens with zero attached hydrogens (tertiary/aromatic N) is 4. The second-order valence-electron chi connectivity index (χ2n) is 7.86. The third kappa shape index (κ3) is 3.93. The maximum atomic E-state index is 14.9. The number of benzene rings is 1. The van der Waals surface area contributed by atoms with Gasteiger partial charge in [-0.15, -0.1) is 0 Å². The molecule has 2 amide bonds. The number of anilines is 2. The largest absolute Gasteiger partial charge is 0.444 e. The number of ether oxygens (including phenoxy) is 1. The lowest BCUT2D eigenvalue weighted by Gasteiger charge is -2.16. The minimum absolute atomic E-state index is 0.0533. The molecule has 8 nitrogen and oxygen atoms in total. The predicted molar refractivity (Wildman–Crippen MR) is 114 cm³/mol. The Balaban J connectivity index is 1.28. The van der Waals surface area contributed by atoms with Gasteiger partial charge in [0.15, 0.2) is 0 Å². The van der Waals surface area contributed by atoms with Gasteiger partial charge < -0.3 is 9.26 Å². The highest BCUT2D eigenvalue weighted by molar-refractivity contribution is 5.94. The van der Waals surface area contributed by atoms with Crippen molar-refractivity contribution >= 4 is 23.5 Å². The molecule has 5 rings (SSSR count). The van der Waals surface area contributed by atoms with E-state index < -0.39 is 11.9 Å². The normalized spacial score (nSPS) is 18.5. The number of amides is 2. The van der Waals surface area contributed by atoms with Crippen LogP contribution >= 0.6 is 0 Å². The third-order valence-electron chi connectivity index (χ3n) is 5.76. The van der Waals surface area contributed by atoms with E-state index in [2.05, 4.69) is 10.1 Å². The Bertz CT molecular complexity index is 1130. The molecule has 4 heterocycles. The fraction of sp³-hybridized carbons (Fsp3) is 0.304. The van der Waals surface area contributed by atoms with Crippen LogP contribution in [0.1, 0.15) is 25.0 Å². The van der Waals surface area contributed by atoms with Crippen LogP contribution in [0.4, 0.5) is 20.7 Å². The van der Waals surface area contributed by atoms with Gasteiger partial charge in [-0.2, -0.15) is 0 Å². The first kappa shape index (κ1) is 20.2. The van der Waals surface area contributed by atoms with Crippen LogP contribution in [-0.2, 0) is 16.0 Å². The number of pyridine rings is 1. The SMILES string of the molecule is O=C1O[C@@H](CCc2ccon2)CN1c1ccc(-c2ccc(N3CCCC3=O)nc2)c(F)c1. The molecule has 0 spiro atoms. The van der Waals surface area contributed by atoms with Crippen molar-refractivity contribution in [3.8, 4) is 11.1 Å². The van der Waals surface area contributed by atoms with Crippen LogP contribution < -0.4 is 9.80 Å². The Morgan fingerprint density at radius 1 is 1.12 bits per heavy atom. The summed E-state index contributed by atoms with van der Waals surface area (Å²) in [6, 6.07) is 9.89. The summed E-state index contributed by atoms with van der Waals surface area (Å²) < 4.78 is 25.1. The topological polar surface area (TPSA) is 88.8 Å². The van der Waals surface area contributed by atoms with Gasteiger partial charge in [-0.3, -0.25) is 14.6 Å². The first-order chi connectivity index (χ1) is 15.6. The molecular weight excluding hydrogens is 415 g/mol. The lowest BCUT2D eigenvalue weighted by Crippen LogP contribution is -2.24. The Morgan fingerprint density at radius 3 is 2.72 bits per heavy atom. The second-order valence-corrected chi connectivity index (χ2v) is 7.86. The van der Waals surface area contributed by atoms with Crippen molar-refractivity contribution in [1.82, 2.24) is 10.1 Å². The molecule has 9 heteroatoms. The zero-order chi connectivity index (χ0) is 22.1. The van der Waals surface area contributed by atoms with Crippen molar-refractivity contribution in [3.05, 3.63) is 60.4 Å². The predicted octanol–water partition coefficient (Wildman–Crippen LogP) is 3.96. The molecule has 2 fully saturated rings. The third-order valence-corrected chi connectivity index (χ3v) is 5.76. The summed E-state index contributed by atoms with van der Waals surface area (Å²) in [5.74, 6) is 0.163. The average Bonchev–Trinajstić information content (AvgIpc) is 3.54. The van der Waals surface area contributed by atoms with Crippen LogP contribution in [0.5, 0.6) is 0 Å². The zero-order valence-electron chi connectivity index (χ0n) is 17.2. The minimum atomic E-state index is -0.497. The van der Waals surface area contributed by atoms with E-state index in [1.54, 1.807) is 41.4 Å². The maximum absolute atomic E-state index is 14.9. The van der Waals surface area contributed by atoms with Gasteiger partial charge in [0.25, 0.3) is 0 Å². The summed E-state index contributed by atoms with van der Waals surface area (Å²) in [5, 5.41) is 3.85. The van der Waals surface area contributed by atoms with Gasteiger partial charge in [-0.05, 0) is 49.6 Å². The summed E-state index contributed by atoms with van der Waals surface area (Å²) in [6.45, 7) is 0.995. The summed E-state index contributed by atoms with van der Waals surface area (Å²) in [7, 11) is 0. The molecule has 1 atom stereocenters. The molecule has 0 aliphatic carbocycles. The highest BCUT2D eigenvalue weighted by Gasteiger charge is 2.32. The number of hydrogen-bond acceptors (Lipinski definition) is 6. The van der Waals surface area contributed by atoms with Crippen LogP contribution in [0.3, 0.4) is 0 Å². The van der Waals surface area contributed by atoms with Gasteiger partial charge in [0.2, 0.25) is 5.91 Å². The van der Waals surface area contributed by atoms with Crippen molar-refractivity contribution in [2.24, 2.45) is 0 Å². The molecule has 1 aromatic carbocycles. The number of carbonyl (C=O) groups excluding carboxylic acids is 2. The maximum Gasteiger partial charge on any atom is 0.414 e. The number of carbonyl (C=O) groups is 2. The molecule has 164 valence electrons. The van der Waals surface area contributed by atoms with Crippen LogP contribution in [0.15, 0.2) is 53.4 Å². The van der Waals surface area contributed by atoms with Gasteiger partial charge in [-0.1, -0.05) is 5.16 Å². The lowest BCUT2D eigenvalue weighted by atomic mass is 10.1. The van der Waals surface area contributed by atoms with E-state index in [1.807, 2.05) is 0 Å². The van der Waals surface area contributed by atoms with Crippen LogP contribution in [0.2, 0.25) is 0 Å². The molecule has 3 aromatic rings. The van der Waals surface area contributed by atoms with Crippen LogP contribution in [0, 0.1) is 5.82 Å². The van der Waals surface area contributed by atoms with Crippen molar-refractivity contribution in [2.75, 3.05) is 22.9 Å². The molecule has 0 N–H and O–H groups in total. The Morgan fingerprint density at radius 2 is 2.03 bits per heavy atom. The molecular formula is C23H21FN4O4. The second kappa shape index (κ2) is 8.41. The van der Waals surface area contributed by atoms with Crippen molar-refractivity contribution in [1.29, 1.82) is 0 Å².